The zero-order valence-electron chi connectivity index (χ0n) is 8.26. The lowest BCUT2D eigenvalue weighted by Crippen LogP contribution is -2.36. The van der Waals surface area contributed by atoms with E-state index in [4.69, 9.17) is 5.73 Å². The summed E-state index contributed by atoms with van der Waals surface area (Å²) in [5.41, 5.74) is 6.99. The normalized spacial score (nSPS) is 14.7. The molecule has 1 rings (SSSR count). The van der Waals surface area contributed by atoms with Gasteiger partial charge in [0.05, 0.1) is 6.10 Å². The molecule has 0 saturated carbocycles. The molecule has 0 bridgehead atoms. The molecule has 1 aromatic rings. The Morgan fingerprint density at radius 1 is 1.36 bits per heavy atom. The summed E-state index contributed by atoms with van der Waals surface area (Å²) in [4.78, 5) is 0. The van der Waals surface area contributed by atoms with Crippen LogP contribution in [0.5, 0.6) is 0 Å². The van der Waals surface area contributed by atoms with E-state index >= 15 is 0 Å². The van der Waals surface area contributed by atoms with E-state index in [1.54, 1.807) is 6.08 Å². The second-order valence-corrected chi connectivity index (χ2v) is 3.45. The molecule has 0 aromatic heterocycles. The van der Waals surface area contributed by atoms with Crippen LogP contribution in [0.1, 0.15) is 12.0 Å². The van der Waals surface area contributed by atoms with Crippen molar-refractivity contribution in [2.24, 2.45) is 5.73 Å². The molecule has 14 heavy (non-hydrogen) atoms. The van der Waals surface area contributed by atoms with Gasteiger partial charge in [-0.15, -0.1) is 6.58 Å². The first kappa shape index (κ1) is 11.0. The molecule has 0 spiro atoms. The number of aliphatic hydroxyl groups excluding tert-OH is 1. The van der Waals surface area contributed by atoms with Gasteiger partial charge in [0.1, 0.15) is 0 Å². The van der Waals surface area contributed by atoms with Gasteiger partial charge in [-0.3, -0.25) is 0 Å². The monoisotopic (exact) mass is 191 g/mol. The Balaban J connectivity index is 2.48. The van der Waals surface area contributed by atoms with Gasteiger partial charge in [-0.1, -0.05) is 36.4 Å². The Labute approximate surface area is 85.1 Å². The van der Waals surface area contributed by atoms with Crippen molar-refractivity contribution in [3.63, 3.8) is 0 Å². The third-order valence-corrected chi connectivity index (χ3v) is 2.22. The van der Waals surface area contributed by atoms with Gasteiger partial charge in [-0.25, -0.2) is 0 Å². The van der Waals surface area contributed by atoms with Crippen molar-refractivity contribution < 1.29 is 5.11 Å². The molecule has 2 atom stereocenters. The Bertz CT molecular complexity index is 271. The predicted molar refractivity (Wildman–Crippen MR) is 58.9 cm³/mol. The molecule has 0 heterocycles. The number of nitrogens with two attached hydrogens (primary N) is 1. The minimum atomic E-state index is -0.493. The van der Waals surface area contributed by atoms with E-state index < -0.39 is 6.10 Å². The van der Waals surface area contributed by atoms with Gasteiger partial charge >= 0.3 is 0 Å². The summed E-state index contributed by atoms with van der Waals surface area (Å²) in [6.07, 6.45) is 2.45. The SMILES string of the molecule is C=CCC(O)C(N)Cc1ccccc1. The Morgan fingerprint density at radius 3 is 2.57 bits per heavy atom. The molecule has 0 aliphatic carbocycles. The smallest absolute Gasteiger partial charge is 0.0728 e. The molecular weight excluding hydrogens is 174 g/mol. The average molecular weight is 191 g/mol. The minimum absolute atomic E-state index is 0.213. The van der Waals surface area contributed by atoms with Crippen LogP contribution < -0.4 is 5.73 Å². The molecule has 3 N–H and O–H groups in total. The lowest BCUT2D eigenvalue weighted by atomic mass is 10.0. The third kappa shape index (κ3) is 3.32. The van der Waals surface area contributed by atoms with E-state index in [-0.39, 0.29) is 6.04 Å². The maximum absolute atomic E-state index is 9.58. The summed E-state index contributed by atoms with van der Waals surface area (Å²) in [6.45, 7) is 3.57. The van der Waals surface area contributed by atoms with Crippen molar-refractivity contribution in [3.05, 3.63) is 48.6 Å². The van der Waals surface area contributed by atoms with Crippen LogP contribution in [0, 0.1) is 0 Å². The van der Waals surface area contributed by atoms with E-state index in [9.17, 15) is 5.11 Å². The highest BCUT2D eigenvalue weighted by Gasteiger charge is 2.13. The van der Waals surface area contributed by atoms with Crippen LogP contribution in [0.4, 0.5) is 0 Å². The van der Waals surface area contributed by atoms with Gasteiger partial charge in [-0.05, 0) is 18.4 Å². The number of rotatable bonds is 5. The molecule has 76 valence electrons. The van der Waals surface area contributed by atoms with E-state index in [0.717, 1.165) is 5.56 Å². The molecule has 0 aliphatic heterocycles. The van der Waals surface area contributed by atoms with Gasteiger partial charge in [0.2, 0.25) is 0 Å². The fourth-order valence-electron chi connectivity index (χ4n) is 1.37. The summed E-state index contributed by atoms with van der Waals surface area (Å²) >= 11 is 0. The number of benzene rings is 1. The molecule has 0 aliphatic rings. The van der Waals surface area contributed by atoms with Crippen LogP contribution in [0.15, 0.2) is 43.0 Å². The van der Waals surface area contributed by atoms with E-state index in [2.05, 4.69) is 6.58 Å². The summed E-state index contributed by atoms with van der Waals surface area (Å²) in [5, 5.41) is 9.58. The van der Waals surface area contributed by atoms with Crippen molar-refractivity contribution in [3.8, 4) is 0 Å². The van der Waals surface area contributed by atoms with Gasteiger partial charge in [0.25, 0.3) is 0 Å². The first-order chi connectivity index (χ1) is 6.74. The van der Waals surface area contributed by atoms with Crippen LogP contribution in [0.3, 0.4) is 0 Å². The molecule has 0 radical (unpaired) electrons. The molecule has 0 fully saturated rings. The van der Waals surface area contributed by atoms with Crippen molar-refractivity contribution in [1.29, 1.82) is 0 Å². The van der Waals surface area contributed by atoms with E-state index in [0.29, 0.717) is 12.8 Å². The van der Waals surface area contributed by atoms with Gasteiger partial charge in [-0.2, -0.15) is 0 Å². The average Bonchev–Trinajstić information content (AvgIpc) is 2.19. The first-order valence-corrected chi connectivity index (χ1v) is 4.82. The summed E-state index contributed by atoms with van der Waals surface area (Å²) < 4.78 is 0. The fourth-order valence-corrected chi connectivity index (χ4v) is 1.37. The van der Waals surface area contributed by atoms with Crippen molar-refractivity contribution in [2.45, 2.75) is 25.0 Å². The third-order valence-electron chi connectivity index (χ3n) is 2.22. The van der Waals surface area contributed by atoms with Gasteiger partial charge in [0, 0.05) is 6.04 Å². The minimum Gasteiger partial charge on any atom is -0.391 e. The Hall–Kier alpha value is -1.12. The largest absolute Gasteiger partial charge is 0.391 e. The topological polar surface area (TPSA) is 46.2 Å². The van der Waals surface area contributed by atoms with Crippen LogP contribution in [0.2, 0.25) is 0 Å². The standard InChI is InChI=1S/C12H17NO/c1-2-6-12(14)11(13)9-10-7-4-3-5-8-10/h2-5,7-8,11-12,14H,1,6,9,13H2. The number of hydrogen-bond acceptors (Lipinski definition) is 2. The quantitative estimate of drug-likeness (QED) is 0.693. The molecule has 1 aromatic carbocycles. The zero-order valence-corrected chi connectivity index (χ0v) is 8.26. The molecule has 2 unspecified atom stereocenters. The zero-order chi connectivity index (χ0) is 10.4. The molecule has 2 heteroatoms. The van der Waals surface area contributed by atoms with Gasteiger partial charge < -0.3 is 10.8 Å². The maximum Gasteiger partial charge on any atom is 0.0728 e. The van der Waals surface area contributed by atoms with Crippen molar-refractivity contribution in [1.82, 2.24) is 0 Å². The Morgan fingerprint density at radius 2 is 2.00 bits per heavy atom. The van der Waals surface area contributed by atoms with Crippen LogP contribution in [0.25, 0.3) is 0 Å². The predicted octanol–water partition coefficient (Wildman–Crippen LogP) is 1.49. The summed E-state index contributed by atoms with van der Waals surface area (Å²) in [6, 6.07) is 9.73. The van der Waals surface area contributed by atoms with Crippen LogP contribution in [-0.2, 0) is 6.42 Å². The lowest BCUT2D eigenvalue weighted by Gasteiger charge is -2.17. The summed E-state index contributed by atoms with van der Waals surface area (Å²) in [5.74, 6) is 0. The van der Waals surface area contributed by atoms with E-state index in [1.165, 1.54) is 0 Å². The van der Waals surface area contributed by atoms with Crippen LogP contribution in [-0.4, -0.2) is 17.3 Å². The van der Waals surface area contributed by atoms with E-state index in [1.807, 2.05) is 30.3 Å². The molecule has 0 amide bonds. The lowest BCUT2D eigenvalue weighted by molar-refractivity contribution is 0.147. The van der Waals surface area contributed by atoms with Crippen molar-refractivity contribution in [2.75, 3.05) is 0 Å². The van der Waals surface area contributed by atoms with Crippen LogP contribution >= 0.6 is 0 Å². The first-order valence-electron chi connectivity index (χ1n) is 4.82. The molecule has 0 saturated heterocycles. The second kappa shape index (κ2) is 5.58. The fraction of sp³-hybridized carbons (Fsp3) is 0.333. The highest BCUT2D eigenvalue weighted by Crippen LogP contribution is 2.06. The summed E-state index contributed by atoms with van der Waals surface area (Å²) in [7, 11) is 0. The van der Waals surface area contributed by atoms with Crippen molar-refractivity contribution >= 4 is 0 Å². The molecule has 2 nitrogen and oxygen atoms in total. The maximum atomic E-state index is 9.58. The molecular formula is C12H17NO. The highest BCUT2D eigenvalue weighted by molar-refractivity contribution is 5.16. The number of aliphatic hydroxyl groups is 1. The Kier molecular flexibility index (Phi) is 4.36. The second-order valence-electron chi connectivity index (χ2n) is 3.45. The van der Waals surface area contributed by atoms with Gasteiger partial charge in [0.15, 0.2) is 0 Å². The number of hydrogen-bond donors (Lipinski definition) is 2. The highest BCUT2D eigenvalue weighted by atomic mass is 16.3.